The van der Waals surface area contributed by atoms with Crippen LogP contribution in [0.25, 0.3) is 0 Å². The molecular weight excluding hydrogens is 181 g/mol. The molecule has 0 bridgehead atoms. The Morgan fingerprint density at radius 1 is 1.31 bits per heavy atom. The van der Waals surface area contributed by atoms with Gasteiger partial charge in [-0.2, -0.15) is 0 Å². The Morgan fingerprint density at radius 2 is 1.85 bits per heavy atom. The van der Waals surface area contributed by atoms with E-state index in [1.165, 1.54) is 19.3 Å². The molecule has 0 atom stereocenters. The summed E-state index contributed by atoms with van der Waals surface area (Å²) in [5, 5.41) is 11.4. The van der Waals surface area contributed by atoms with E-state index in [0.29, 0.717) is 6.04 Å². The van der Waals surface area contributed by atoms with Crippen LogP contribution in [0, 0.1) is 0 Å². The Labute approximate surface area is 101 Å². The zero-order valence-electron chi connectivity index (χ0n) is 8.12. The molecule has 0 saturated heterocycles. The van der Waals surface area contributed by atoms with Crippen molar-refractivity contribution in [2.45, 2.75) is 38.1 Å². The second kappa shape index (κ2) is 8.97. The number of hydrogen-bond acceptors (Lipinski definition) is 3. The van der Waals surface area contributed by atoms with E-state index >= 15 is 0 Å². The summed E-state index contributed by atoms with van der Waals surface area (Å²) < 4.78 is 0. The fourth-order valence-corrected chi connectivity index (χ4v) is 1.54. The summed E-state index contributed by atoms with van der Waals surface area (Å²) in [5.41, 5.74) is 0. The molecule has 4 nitrogen and oxygen atoms in total. The van der Waals surface area contributed by atoms with Crippen molar-refractivity contribution in [2.24, 2.45) is 0 Å². The van der Waals surface area contributed by atoms with Crippen LogP contribution in [0.3, 0.4) is 0 Å². The van der Waals surface area contributed by atoms with Gasteiger partial charge in [0.1, 0.15) is 0 Å². The number of aliphatic carboxylic acids is 1. The smallest absolute Gasteiger partial charge is 0.870 e. The van der Waals surface area contributed by atoms with Crippen molar-refractivity contribution in [3.63, 3.8) is 0 Å². The average Bonchev–Trinajstić information content (AvgIpc) is 2.03. The molecule has 1 fully saturated rings. The van der Waals surface area contributed by atoms with E-state index in [4.69, 9.17) is 5.11 Å². The Balaban J connectivity index is 0. The molecule has 1 rings (SSSR count). The molecule has 0 aliphatic heterocycles. The van der Waals surface area contributed by atoms with Crippen molar-refractivity contribution >= 4 is 5.97 Å². The van der Waals surface area contributed by atoms with Crippen LogP contribution in [0.2, 0.25) is 0 Å². The number of nitrogens with one attached hydrogen (secondary N) is 1. The summed E-state index contributed by atoms with van der Waals surface area (Å²) >= 11 is 0. The molecule has 0 heterocycles. The molecule has 3 N–H and O–H groups in total. The third kappa shape index (κ3) is 7.46. The maximum absolute atomic E-state index is 10.2. The third-order valence-electron chi connectivity index (χ3n) is 2.15. The first-order valence-corrected chi connectivity index (χ1v) is 4.24. The van der Waals surface area contributed by atoms with Crippen LogP contribution in [0.15, 0.2) is 0 Å². The van der Waals surface area contributed by atoms with Gasteiger partial charge in [0.15, 0.2) is 0 Å². The first-order valence-electron chi connectivity index (χ1n) is 4.24. The number of rotatable bonds is 3. The van der Waals surface area contributed by atoms with E-state index in [9.17, 15) is 4.79 Å². The predicted molar refractivity (Wildman–Crippen MR) is 44.4 cm³/mol. The minimum atomic E-state index is -0.754. The second-order valence-corrected chi connectivity index (χ2v) is 3.11. The van der Waals surface area contributed by atoms with Crippen molar-refractivity contribution in [1.29, 1.82) is 0 Å². The topological polar surface area (TPSA) is 79.3 Å². The minimum Gasteiger partial charge on any atom is -0.870 e. The van der Waals surface area contributed by atoms with Crippen LogP contribution in [-0.4, -0.2) is 29.1 Å². The molecule has 1 aliphatic carbocycles. The van der Waals surface area contributed by atoms with Crippen LogP contribution in [-0.2, 0) is 4.79 Å². The Morgan fingerprint density at radius 3 is 2.31 bits per heavy atom. The van der Waals surface area contributed by atoms with Gasteiger partial charge in [0, 0.05) is 6.04 Å². The Kier molecular flexibility index (Phi) is 10.9. The van der Waals surface area contributed by atoms with Crippen molar-refractivity contribution in [1.82, 2.24) is 5.32 Å². The molecule has 0 aromatic rings. The quantitative estimate of drug-likeness (QED) is 0.504. The van der Waals surface area contributed by atoms with E-state index in [1.807, 2.05) is 0 Å². The van der Waals surface area contributed by atoms with Crippen LogP contribution < -0.4 is 34.9 Å². The van der Waals surface area contributed by atoms with Gasteiger partial charge in [-0.1, -0.05) is 19.3 Å². The summed E-state index contributed by atoms with van der Waals surface area (Å²) in [6.07, 6.45) is 6.10. The molecule has 1 aliphatic rings. The SMILES string of the molecule is O=C(O)CNC1CCCCC1.[Na+].[OH-]. The van der Waals surface area contributed by atoms with Crippen LogP contribution in [0.5, 0.6) is 0 Å². The fraction of sp³-hybridized carbons (Fsp3) is 0.875. The van der Waals surface area contributed by atoms with Crippen molar-refractivity contribution in [3.05, 3.63) is 0 Å². The summed E-state index contributed by atoms with van der Waals surface area (Å²) in [5.74, 6) is -0.754. The standard InChI is InChI=1S/C8H15NO2.Na.H2O/c10-8(11)6-9-7-4-2-1-3-5-7;;/h7,9H,1-6H2,(H,10,11);;1H2/q;+1;/p-1. The van der Waals surface area contributed by atoms with Gasteiger partial charge >= 0.3 is 35.5 Å². The van der Waals surface area contributed by atoms with E-state index in [1.54, 1.807) is 0 Å². The third-order valence-corrected chi connectivity index (χ3v) is 2.15. The number of carboxylic acids is 1. The van der Waals surface area contributed by atoms with Crippen LogP contribution >= 0.6 is 0 Å². The summed E-state index contributed by atoms with van der Waals surface area (Å²) in [4.78, 5) is 10.2. The van der Waals surface area contributed by atoms with Crippen LogP contribution in [0.4, 0.5) is 0 Å². The zero-order chi connectivity index (χ0) is 8.10. The molecule has 0 unspecified atom stereocenters. The predicted octanol–water partition coefficient (Wildman–Crippen LogP) is -2.18. The minimum absolute atomic E-state index is 0. The van der Waals surface area contributed by atoms with E-state index < -0.39 is 5.97 Å². The maximum atomic E-state index is 10.2. The molecule has 1 saturated carbocycles. The Bertz CT molecular complexity index is 137. The Hall–Kier alpha value is 0.390. The number of hydrogen-bond donors (Lipinski definition) is 2. The molecular formula is C8H16NNaO3. The van der Waals surface area contributed by atoms with E-state index in [-0.39, 0.29) is 41.6 Å². The van der Waals surface area contributed by atoms with Crippen molar-refractivity contribution in [2.75, 3.05) is 6.54 Å². The van der Waals surface area contributed by atoms with Gasteiger partial charge in [0.2, 0.25) is 0 Å². The summed E-state index contributed by atoms with van der Waals surface area (Å²) in [6, 6.07) is 0.458. The van der Waals surface area contributed by atoms with Gasteiger partial charge < -0.3 is 15.9 Å². The van der Waals surface area contributed by atoms with Crippen molar-refractivity contribution < 1.29 is 44.9 Å². The van der Waals surface area contributed by atoms with Gasteiger partial charge in [-0.15, -0.1) is 0 Å². The van der Waals surface area contributed by atoms with Gasteiger partial charge in [0.25, 0.3) is 0 Å². The monoisotopic (exact) mass is 197 g/mol. The first-order chi connectivity index (χ1) is 5.29. The largest absolute Gasteiger partial charge is 1.00 e. The van der Waals surface area contributed by atoms with E-state index in [0.717, 1.165) is 12.8 Å². The molecule has 13 heavy (non-hydrogen) atoms. The van der Waals surface area contributed by atoms with Crippen molar-refractivity contribution in [3.8, 4) is 0 Å². The van der Waals surface area contributed by atoms with Gasteiger partial charge in [0.05, 0.1) is 6.54 Å². The molecule has 0 amide bonds. The van der Waals surface area contributed by atoms with Gasteiger partial charge in [-0.05, 0) is 12.8 Å². The van der Waals surface area contributed by atoms with Crippen LogP contribution in [0.1, 0.15) is 32.1 Å². The molecule has 0 aromatic carbocycles. The van der Waals surface area contributed by atoms with E-state index in [2.05, 4.69) is 5.32 Å². The maximum Gasteiger partial charge on any atom is 1.00 e. The molecule has 0 aromatic heterocycles. The normalized spacial score (nSPS) is 16.9. The summed E-state index contributed by atoms with van der Waals surface area (Å²) in [6.45, 7) is 0.116. The van der Waals surface area contributed by atoms with Gasteiger partial charge in [-0.25, -0.2) is 0 Å². The summed E-state index contributed by atoms with van der Waals surface area (Å²) in [7, 11) is 0. The second-order valence-electron chi connectivity index (χ2n) is 3.11. The van der Waals surface area contributed by atoms with Gasteiger partial charge in [-0.3, -0.25) is 4.79 Å². The molecule has 72 valence electrons. The molecule has 5 heteroatoms. The zero-order valence-corrected chi connectivity index (χ0v) is 10.1. The fourth-order valence-electron chi connectivity index (χ4n) is 1.54. The first kappa shape index (κ1) is 15.8. The number of carbonyl (C=O) groups is 1. The molecule has 0 spiro atoms. The number of carboxylic acid groups (broad SMARTS) is 1. The average molecular weight is 197 g/mol. The molecule has 0 radical (unpaired) electrons.